The molecule has 1 aromatic carbocycles. The number of hydrogen-bond acceptors (Lipinski definition) is 4. The van der Waals surface area contributed by atoms with E-state index in [1.54, 1.807) is 17.7 Å². The third-order valence-corrected chi connectivity index (χ3v) is 4.60. The summed E-state index contributed by atoms with van der Waals surface area (Å²) in [5.74, 6) is 0.841. The topological polar surface area (TPSA) is 69.6 Å². The van der Waals surface area contributed by atoms with Crippen LogP contribution in [0.5, 0.6) is 0 Å². The van der Waals surface area contributed by atoms with Crippen LogP contribution in [-0.2, 0) is 0 Å². The number of nitrogen functional groups attached to an aromatic ring is 1. The number of aromatic nitrogens is 4. The monoisotopic (exact) mass is 289 g/mol. The second-order valence-electron chi connectivity index (χ2n) is 5.90. The molecule has 1 aliphatic rings. The van der Waals surface area contributed by atoms with Gasteiger partial charge in [0.1, 0.15) is 5.82 Å². The summed E-state index contributed by atoms with van der Waals surface area (Å²) in [7, 11) is 0. The minimum Gasteiger partial charge on any atom is -0.398 e. The van der Waals surface area contributed by atoms with Gasteiger partial charge in [-0.2, -0.15) is 0 Å². The summed E-state index contributed by atoms with van der Waals surface area (Å²) in [6, 6.07) is 3.40. The Morgan fingerprint density at radius 3 is 2.71 bits per heavy atom. The van der Waals surface area contributed by atoms with Crippen molar-refractivity contribution < 1.29 is 4.39 Å². The van der Waals surface area contributed by atoms with Crippen LogP contribution in [0.4, 0.5) is 10.1 Å². The Morgan fingerprint density at radius 1 is 1.33 bits per heavy atom. The molecule has 1 aromatic heterocycles. The van der Waals surface area contributed by atoms with Gasteiger partial charge >= 0.3 is 0 Å². The summed E-state index contributed by atoms with van der Waals surface area (Å²) in [4.78, 5) is 0. The number of tetrazole rings is 1. The largest absolute Gasteiger partial charge is 0.398 e. The number of hydrogen-bond donors (Lipinski definition) is 1. The summed E-state index contributed by atoms with van der Waals surface area (Å²) < 4.78 is 15.7. The molecule has 1 unspecified atom stereocenters. The van der Waals surface area contributed by atoms with Gasteiger partial charge in [0.2, 0.25) is 0 Å². The summed E-state index contributed by atoms with van der Waals surface area (Å²) in [6.07, 6.45) is 4.92. The molecule has 0 amide bonds. The van der Waals surface area contributed by atoms with Crippen LogP contribution in [0.2, 0.25) is 0 Å². The van der Waals surface area contributed by atoms with E-state index in [1.807, 2.05) is 0 Å². The van der Waals surface area contributed by atoms with Crippen LogP contribution >= 0.6 is 0 Å². The zero-order chi connectivity index (χ0) is 15.0. The molecule has 1 aliphatic carbocycles. The summed E-state index contributed by atoms with van der Waals surface area (Å²) >= 11 is 0. The van der Waals surface area contributed by atoms with Crippen molar-refractivity contribution in [3.05, 3.63) is 23.5 Å². The van der Waals surface area contributed by atoms with Gasteiger partial charge in [0.05, 0.1) is 6.04 Å². The molecule has 2 aromatic rings. The van der Waals surface area contributed by atoms with Gasteiger partial charge in [0.25, 0.3) is 0 Å². The van der Waals surface area contributed by atoms with Crippen molar-refractivity contribution in [3.8, 4) is 11.4 Å². The fraction of sp³-hybridized carbons (Fsp3) is 0.533. The predicted octanol–water partition coefficient (Wildman–Crippen LogP) is 3.12. The standard InChI is InChI=1S/C15H20FN5/c1-9-13(16)7-12(8-14(9)17)15-18-19-20-21(15)10(2)11-5-3-4-6-11/h7-8,10-11H,3-6,17H2,1-2H3. The normalized spacial score (nSPS) is 17.3. The molecular weight excluding hydrogens is 269 g/mol. The molecule has 112 valence electrons. The minimum absolute atomic E-state index is 0.211. The van der Waals surface area contributed by atoms with Gasteiger partial charge < -0.3 is 5.73 Å². The third kappa shape index (κ3) is 2.50. The molecule has 0 saturated heterocycles. The van der Waals surface area contributed by atoms with Gasteiger partial charge in [-0.25, -0.2) is 9.07 Å². The van der Waals surface area contributed by atoms with E-state index in [0.717, 1.165) is 0 Å². The lowest BCUT2D eigenvalue weighted by atomic mass is 9.99. The minimum atomic E-state index is -0.326. The van der Waals surface area contributed by atoms with E-state index < -0.39 is 0 Å². The number of nitrogens with two attached hydrogens (primary N) is 1. The first-order valence-electron chi connectivity index (χ1n) is 7.41. The second kappa shape index (κ2) is 5.42. The average molecular weight is 289 g/mol. The Kier molecular flexibility index (Phi) is 3.61. The van der Waals surface area contributed by atoms with Crippen molar-refractivity contribution in [1.82, 2.24) is 20.2 Å². The Balaban J connectivity index is 1.98. The highest BCUT2D eigenvalue weighted by Gasteiger charge is 2.26. The third-order valence-electron chi connectivity index (χ3n) is 4.60. The van der Waals surface area contributed by atoms with Crippen molar-refractivity contribution in [1.29, 1.82) is 0 Å². The van der Waals surface area contributed by atoms with Crippen molar-refractivity contribution in [3.63, 3.8) is 0 Å². The number of halogens is 1. The van der Waals surface area contributed by atoms with Crippen LogP contribution < -0.4 is 5.73 Å². The van der Waals surface area contributed by atoms with Gasteiger partial charge in [0.15, 0.2) is 5.82 Å². The quantitative estimate of drug-likeness (QED) is 0.881. The fourth-order valence-corrected chi connectivity index (χ4v) is 3.13. The second-order valence-corrected chi connectivity index (χ2v) is 5.90. The predicted molar refractivity (Wildman–Crippen MR) is 79.0 cm³/mol. The Hall–Kier alpha value is -1.98. The number of benzene rings is 1. The van der Waals surface area contributed by atoms with E-state index in [-0.39, 0.29) is 11.9 Å². The molecule has 5 nitrogen and oxygen atoms in total. The molecule has 1 fully saturated rings. The van der Waals surface area contributed by atoms with Crippen LogP contribution in [0.1, 0.15) is 44.2 Å². The number of rotatable bonds is 3. The van der Waals surface area contributed by atoms with Crippen molar-refractivity contribution in [2.24, 2.45) is 5.92 Å². The van der Waals surface area contributed by atoms with Crippen LogP contribution in [-0.4, -0.2) is 20.2 Å². The molecule has 0 aliphatic heterocycles. The van der Waals surface area contributed by atoms with Gasteiger partial charge in [-0.15, -0.1) is 5.10 Å². The summed E-state index contributed by atoms with van der Waals surface area (Å²) in [5, 5.41) is 12.0. The molecule has 0 radical (unpaired) electrons. The molecule has 3 rings (SSSR count). The number of anilines is 1. The lowest BCUT2D eigenvalue weighted by molar-refractivity contribution is 0.332. The van der Waals surface area contributed by atoms with Crippen molar-refractivity contribution in [2.75, 3.05) is 5.73 Å². The lowest BCUT2D eigenvalue weighted by Crippen LogP contribution is -2.17. The molecule has 1 heterocycles. The zero-order valence-electron chi connectivity index (χ0n) is 12.4. The zero-order valence-corrected chi connectivity index (χ0v) is 12.4. The highest BCUT2D eigenvalue weighted by atomic mass is 19.1. The maximum absolute atomic E-state index is 13.9. The van der Waals surface area contributed by atoms with Crippen LogP contribution in [0, 0.1) is 18.7 Å². The van der Waals surface area contributed by atoms with Gasteiger partial charge in [-0.3, -0.25) is 0 Å². The first-order valence-corrected chi connectivity index (χ1v) is 7.41. The van der Waals surface area contributed by atoms with E-state index in [1.165, 1.54) is 31.7 Å². The summed E-state index contributed by atoms with van der Waals surface area (Å²) in [6.45, 7) is 3.79. The van der Waals surface area contributed by atoms with E-state index in [4.69, 9.17) is 5.73 Å². The maximum Gasteiger partial charge on any atom is 0.182 e. The SMILES string of the molecule is Cc1c(N)cc(-c2nnnn2C(C)C2CCCC2)cc1F. The van der Waals surface area contributed by atoms with Crippen LogP contribution in [0.25, 0.3) is 11.4 Å². The molecule has 0 bridgehead atoms. The maximum atomic E-state index is 13.9. The average Bonchev–Trinajstić information content (AvgIpc) is 3.14. The van der Waals surface area contributed by atoms with Crippen molar-refractivity contribution in [2.45, 2.75) is 45.6 Å². The Labute approximate surface area is 123 Å². The van der Waals surface area contributed by atoms with Gasteiger partial charge in [-0.1, -0.05) is 12.8 Å². The lowest BCUT2D eigenvalue weighted by Gasteiger charge is -2.20. The molecule has 0 spiro atoms. The highest BCUT2D eigenvalue weighted by molar-refractivity contribution is 5.64. The molecule has 1 atom stereocenters. The Bertz CT molecular complexity index is 622. The van der Waals surface area contributed by atoms with Crippen LogP contribution in [0.3, 0.4) is 0 Å². The molecule has 2 N–H and O–H groups in total. The molecular formula is C15H20FN5. The fourth-order valence-electron chi connectivity index (χ4n) is 3.13. The van der Waals surface area contributed by atoms with E-state index in [9.17, 15) is 4.39 Å². The van der Waals surface area contributed by atoms with E-state index >= 15 is 0 Å². The summed E-state index contributed by atoms with van der Waals surface area (Å²) in [5.41, 5.74) is 7.37. The van der Waals surface area contributed by atoms with Crippen molar-refractivity contribution >= 4 is 5.69 Å². The molecule has 6 heteroatoms. The van der Waals surface area contributed by atoms with Crippen LogP contribution in [0.15, 0.2) is 12.1 Å². The highest BCUT2D eigenvalue weighted by Crippen LogP contribution is 2.35. The first-order chi connectivity index (χ1) is 10.1. The first kappa shape index (κ1) is 14.0. The number of nitrogens with zero attached hydrogens (tertiary/aromatic N) is 4. The van der Waals surface area contributed by atoms with Gasteiger partial charge in [0, 0.05) is 16.8 Å². The smallest absolute Gasteiger partial charge is 0.182 e. The van der Waals surface area contributed by atoms with Gasteiger partial charge in [-0.05, 0) is 55.2 Å². The Morgan fingerprint density at radius 2 is 2.05 bits per heavy atom. The molecule has 1 saturated carbocycles. The van der Waals surface area contributed by atoms with E-state index in [2.05, 4.69) is 22.4 Å². The molecule has 21 heavy (non-hydrogen) atoms. The van der Waals surface area contributed by atoms with E-state index in [0.29, 0.717) is 28.6 Å².